The van der Waals surface area contributed by atoms with Gasteiger partial charge in [0.2, 0.25) is 5.88 Å². The predicted molar refractivity (Wildman–Crippen MR) is 49.7 cm³/mol. The molecule has 0 spiro atoms. The zero-order valence-corrected chi connectivity index (χ0v) is 8.08. The van der Waals surface area contributed by atoms with Gasteiger partial charge in [0.25, 0.3) is 0 Å². The molecule has 0 saturated carbocycles. The lowest BCUT2D eigenvalue weighted by Gasteiger charge is -2.08. The number of rotatable bonds is 2. The van der Waals surface area contributed by atoms with E-state index in [2.05, 4.69) is 10.4 Å². The first kappa shape index (κ1) is 8.56. The van der Waals surface area contributed by atoms with E-state index in [1.807, 2.05) is 13.2 Å². The van der Waals surface area contributed by atoms with Crippen molar-refractivity contribution < 1.29 is 4.74 Å². The van der Waals surface area contributed by atoms with Crippen molar-refractivity contribution in [1.82, 2.24) is 15.1 Å². The van der Waals surface area contributed by atoms with Crippen LogP contribution in [-0.4, -0.2) is 23.4 Å². The van der Waals surface area contributed by atoms with Gasteiger partial charge in [-0.1, -0.05) is 0 Å². The SMILES string of the molecule is COc1nn(C)cc1[C@@H]1CCCN1. The largest absolute Gasteiger partial charge is 0.480 e. The van der Waals surface area contributed by atoms with Crippen molar-refractivity contribution in [2.45, 2.75) is 18.9 Å². The summed E-state index contributed by atoms with van der Waals surface area (Å²) < 4.78 is 7.01. The lowest BCUT2D eigenvalue weighted by Crippen LogP contribution is -2.12. The monoisotopic (exact) mass is 181 g/mol. The van der Waals surface area contributed by atoms with E-state index in [0.29, 0.717) is 6.04 Å². The maximum Gasteiger partial charge on any atom is 0.237 e. The van der Waals surface area contributed by atoms with Gasteiger partial charge in [0.15, 0.2) is 0 Å². The Balaban J connectivity index is 2.26. The van der Waals surface area contributed by atoms with Crippen molar-refractivity contribution in [3.8, 4) is 5.88 Å². The third-order valence-corrected chi connectivity index (χ3v) is 2.45. The van der Waals surface area contributed by atoms with Crippen LogP contribution in [0.4, 0.5) is 0 Å². The molecular formula is C9H15N3O. The van der Waals surface area contributed by atoms with Crippen LogP contribution in [0.1, 0.15) is 24.4 Å². The second kappa shape index (κ2) is 3.38. The molecule has 13 heavy (non-hydrogen) atoms. The fourth-order valence-electron chi connectivity index (χ4n) is 1.83. The molecule has 2 rings (SSSR count). The highest BCUT2D eigenvalue weighted by atomic mass is 16.5. The molecular weight excluding hydrogens is 166 g/mol. The van der Waals surface area contributed by atoms with E-state index in [4.69, 9.17) is 4.74 Å². The molecule has 1 aliphatic rings. The minimum absolute atomic E-state index is 0.434. The molecule has 4 heteroatoms. The number of hydrogen-bond donors (Lipinski definition) is 1. The van der Waals surface area contributed by atoms with Crippen molar-refractivity contribution in [3.63, 3.8) is 0 Å². The van der Waals surface area contributed by atoms with Crippen LogP contribution < -0.4 is 10.1 Å². The Hall–Kier alpha value is -1.03. The molecule has 1 atom stereocenters. The third-order valence-electron chi connectivity index (χ3n) is 2.45. The molecule has 0 radical (unpaired) electrons. The minimum Gasteiger partial charge on any atom is -0.480 e. The van der Waals surface area contributed by atoms with Crippen LogP contribution in [0.2, 0.25) is 0 Å². The Morgan fingerprint density at radius 3 is 3.15 bits per heavy atom. The molecule has 0 amide bonds. The summed E-state index contributed by atoms with van der Waals surface area (Å²) in [5.74, 6) is 0.752. The Morgan fingerprint density at radius 2 is 2.54 bits per heavy atom. The first-order chi connectivity index (χ1) is 6.31. The summed E-state index contributed by atoms with van der Waals surface area (Å²) in [7, 11) is 3.59. The summed E-state index contributed by atoms with van der Waals surface area (Å²) in [5, 5.41) is 7.66. The van der Waals surface area contributed by atoms with Crippen molar-refractivity contribution in [2.75, 3.05) is 13.7 Å². The van der Waals surface area contributed by atoms with Gasteiger partial charge in [0.05, 0.1) is 12.7 Å². The molecule has 1 saturated heterocycles. The van der Waals surface area contributed by atoms with Crippen LogP contribution >= 0.6 is 0 Å². The second-order valence-electron chi connectivity index (χ2n) is 3.42. The van der Waals surface area contributed by atoms with Crippen molar-refractivity contribution >= 4 is 0 Å². The predicted octanol–water partition coefficient (Wildman–Crippen LogP) is 0.853. The molecule has 1 aromatic rings. The highest BCUT2D eigenvalue weighted by molar-refractivity contribution is 5.27. The first-order valence-corrected chi connectivity index (χ1v) is 4.62. The average molecular weight is 181 g/mol. The van der Waals surface area contributed by atoms with Gasteiger partial charge in [-0.2, -0.15) is 0 Å². The van der Waals surface area contributed by atoms with E-state index in [1.165, 1.54) is 18.4 Å². The molecule has 0 aromatic carbocycles. The molecule has 0 aliphatic carbocycles. The van der Waals surface area contributed by atoms with Crippen molar-refractivity contribution in [1.29, 1.82) is 0 Å². The van der Waals surface area contributed by atoms with E-state index >= 15 is 0 Å². The van der Waals surface area contributed by atoms with Gasteiger partial charge >= 0.3 is 0 Å². The molecule has 1 N–H and O–H groups in total. The molecule has 2 heterocycles. The van der Waals surface area contributed by atoms with E-state index in [-0.39, 0.29) is 0 Å². The summed E-state index contributed by atoms with van der Waals surface area (Å²) >= 11 is 0. The lowest BCUT2D eigenvalue weighted by molar-refractivity contribution is 0.383. The van der Waals surface area contributed by atoms with Gasteiger partial charge in [-0.15, -0.1) is 5.10 Å². The number of nitrogens with zero attached hydrogens (tertiary/aromatic N) is 2. The maximum atomic E-state index is 5.21. The number of ether oxygens (including phenoxy) is 1. The van der Waals surface area contributed by atoms with Crippen molar-refractivity contribution in [2.24, 2.45) is 7.05 Å². The second-order valence-corrected chi connectivity index (χ2v) is 3.42. The molecule has 4 nitrogen and oxygen atoms in total. The van der Waals surface area contributed by atoms with Crippen LogP contribution in [0.3, 0.4) is 0 Å². The fraction of sp³-hybridized carbons (Fsp3) is 0.667. The minimum atomic E-state index is 0.434. The number of aromatic nitrogens is 2. The normalized spacial score (nSPS) is 22.2. The molecule has 1 fully saturated rings. The summed E-state index contributed by atoms with van der Waals surface area (Å²) in [6.07, 6.45) is 4.45. The number of aryl methyl sites for hydroxylation is 1. The lowest BCUT2D eigenvalue weighted by atomic mass is 10.1. The van der Waals surface area contributed by atoms with Crippen molar-refractivity contribution in [3.05, 3.63) is 11.8 Å². The number of hydrogen-bond acceptors (Lipinski definition) is 3. The topological polar surface area (TPSA) is 39.1 Å². The third kappa shape index (κ3) is 1.54. The Kier molecular flexibility index (Phi) is 2.22. The van der Waals surface area contributed by atoms with E-state index in [9.17, 15) is 0 Å². The van der Waals surface area contributed by atoms with Crippen LogP contribution in [0, 0.1) is 0 Å². The van der Waals surface area contributed by atoms with Gasteiger partial charge in [0, 0.05) is 19.3 Å². The van der Waals surface area contributed by atoms with E-state index in [1.54, 1.807) is 11.8 Å². The zero-order chi connectivity index (χ0) is 9.26. The highest BCUT2D eigenvalue weighted by Crippen LogP contribution is 2.29. The molecule has 0 unspecified atom stereocenters. The standard InChI is InChI=1S/C9H15N3O/c1-12-6-7(9(11-12)13-2)8-4-3-5-10-8/h6,8,10H,3-5H2,1-2H3/t8-/m0/s1. The average Bonchev–Trinajstić information content (AvgIpc) is 2.71. The highest BCUT2D eigenvalue weighted by Gasteiger charge is 2.21. The molecule has 72 valence electrons. The number of nitrogens with one attached hydrogen (secondary N) is 1. The van der Waals surface area contributed by atoms with Gasteiger partial charge < -0.3 is 10.1 Å². The van der Waals surface area contributed by atoms with Crippen LogP contribution in [-0.2, 0) is 7.05 Å². The fourth-order valence-corrected chi connectivity index (χ4v) is 1.83. The van der Waals surface area contributed by atoms with Crippen LogP contribution in [0.5, 0.6) is 5.88 Å². The van der Waals surface area contributed by atoms with Gasteiger partial charge in [0.1, 0.15) is 0 Å². The Labute approximate surface area is 77.9 Å². The molecule has 0 bridgehead atoms. The quantitative estimate of drug-likeness (QED) is 0.735. The van der Waals surface area contributed by atoms with E-state index in [0.717, 1.165) is 12.4 Å². The zero-order valence-electron chi connectivity index (χ0n) is 8.08. The number of methoxy groups -OCH3 is 1. The summed E-state index contributed by atoms with van der Waals surface area (Å²) in [6.45, 7) is 1.10. The summed E-state index contributed by atoms with van der Waals surface area (Å²) in [6, 6.07) is 0.434. The van der Waals surface area contributed by atoms with Gasteiger partial charge in [-0.3, -0.25) is 4.68 Å². The first-order valence-electron chi connectivity index (χ1n) is 4.62. The Bertz CT molecular complexity index is 289. The van der Waals surface area contributed by atoms with Gasteiger partial charge in [-0.05, 0) is 19.4 Å². The Morgan fingerprint density at radius 1 is 1.69 bits per heavy atom. The molecule has 1 aliphatic heterocycles. The smallest absolute Gasteiger partial charge is 0.237 e. The van der Waals surface area contributed by atoms with Crippen LogP contribution in [0.15, 0.2) is 6.20 Å². The van der Waals surface area contributed by atoms with Crippen LogP contribution in [0.25, 0.3) is 0 Å². The summed E-state index contributed by atoms with van der Waals surface area (Å²) in [5.41, 5.74) is 1.18. The van der Waals surface area contributed by atoms with Gasteiger partial charge in [-0.25, -0.2) is 0 Å². The molecule has 1 aromatic heterocycles. The maximum absolute atomic E-state index is 5.21. The summed E-state index contributed by atoms with van der Waals surface area (Å²) in [4.78, 5) is 0. The van der Waals surface area contributed by atoms with E-state index < -0.39 is 0 Å².